The van der Waals surface area contributed by atoms with E-state index >= 15 is 0 Å². The Bertz CT molecular complexity index is 625. The first-order chi connectivity index (χ1) is 13.6. The topological polar surface area (TPSA) is 73.1 Å². The fourth-order valence-electron chi connectivity index (χ4n) is 4.10. The minimum Gasteiger partial charge on any atom is -0.405 e. The highest BCUT2D eigenvalue weighted by Gasteiger charge is 2.30. The molecule has 0 aromatic carbocycles. The Morgan fingerprint density at radius 1 is 0.964 bits per heavy atom. The first kappa shape index (κ1) is 20.6. The number of piperazine rings is 2. The minimum atomic E-state index is -0.0420. The zero-order valence-corrected chi connectivity index (χ0v) is 16.8. The van der Waals surface area contributed by atoms with Gasteiger partial charge in [-0.1, -0.05) is 19.1 Å². The summed E-state index contributed by atoms with van der Waals surface area (Å²) in [6.45, 7) is 10.5. The molecule has 0 aromatic heterocycles. The molecule has 0 radical (unpaired) electrons. The van der Waals surface area contributed by atoms with Crippen molar-refractivity contribution in [1.82, 2.24) is 19.6 Å². The molecule has 0 aromatic rings. The van der Waals surface area contributed by atoms with Gasteiger partial charge < -0.3 is 15.5 Å². The number of amides is 2. The first-order valence-electron chi connectivity index (χ1n) is 10.4. The Hall–Kier alpha value is -2.12. The normalized spacial score (nSPS) is 23.1. The van der Waals surface area contributed by atoms with E-state index < -0.39 is 0 Å². The smallest absolute Gasteiger partial charge is 0.253 e. The summed E-state index contributed by atoms with van der Waals surface area (Å²) < 4.78 is 0. The zero-order chi connectivity index (χ0) is 19.9. The van der Waals surface area contributed by atoms with E-state index in [1.165, 1.54) is 25.5 Å². The zero-order valence-electron chi connectivity index (χ0n) is 16.8. The monoisotopic (exact) mass is 387 g/mol. The van der Waals surface area contributed by atoms with Crippen molar-refractivity contribution in [2.24, 2.45) is 5.73 Å². The van der Waals surface area contributed by atoms with Crippen LogP contribution in [0.1, 0.15) is 19.3 Å². The predicted octanol–water partition coefficient (Wildman–Crippen LogP) is 0.412. The lowest BCUT2D eigenvalue weighted by Gasteiger charge is -2.43. The maximum atomic E-state index is 12.7. The highest BCUT2D eigenvalue weighted by molar-refractivity contribution is 5.96. The molecule has 3 fully saturated rings. The summed E-state index contributed by atoms with van der Waals surface area (Å²) >= 11 is 0. The van der Waals surface area contributed by atoms with Crippen molar-refractivity contribution in [3.8, 4) is 0 Å². The number of carbonyl (C=O) groups is 2. The van der Waals surface area contributed by atoms with E-state index in [2.05, 4.69) is 16.4 Å². The lowest BCUT2D eigenvalue weighted by atomic mass is 9.91. The average molecular weight is 388 g/mol. The number of rotatable bonds is 6. The number of hydrogen-bond acceptors (Lipinski definition) is 5. The molecule has 154 valence electrons. The molecular formula is C21H33N5O2. The molecule has 0 spiro atoms. The average Bonchev–Trinajstić information content (AvgIpc) is 2.67. The summed E-state index contributed by atoms with van der Waals surface area (Å²) in [7, 11) is 0. The van der Waals surface area contributed by atoms with Crippen molar-refractivity contribution < 1.29 is 9.59 Å². The van der Waals surface area contributed by atoms with Crippen LogP contribution < -0.4 is 5.73 Å². The third kappa shape index (κ3) is 5.02. The van der Waals surface area contributed by atoms with Gasteiger partial charge in [0.05, 0.1) is 6.54 Å². The summed E-state index contributed by atoms with van der Waals surface area (Å²) in [6.07, 6.45) is 10.2. The van der Waals surface area contributed by atoms with Crippen LogP contribution in [0.4, 0.5) is 0 Å². The summed E-state index contributed by atoms with van der Waals surface area (Å²) in [5.74, 6) is 0.172. The highest BCUT2D eigenvalue weighted by Crippen LogP contribution is 2.25. The maximum absolute atomic E-state index is 12.7. The first-order valence-corrected chi connectivity index (χ1v) is 10.4. The molecule has 2 N–H and O–H groups in total. The Morgan fingerprint density at radius 2 is 1.61 bits per heavy atom. The van der Waals surface area contributed by atoms with Gasteiger partial charge in [0.1, 0.15) is 0 Å². The second-order valence-corrected chi connectivity index (χ2v) is 7.79. The van der Waals surface area contributed by atoms with Crippen LogP contribution in [-0.4, -0.2) is 96.4 Å². The Kier molecular flexibility index (Phi) is 7.28. The van der Waals surface area contributed by atoms with Gasteiger partial charge in [0, 0.05) is 64.0 Å². The number of nitrogens with two attached hydrogens (primary N) is 1. The highest BCUT2D eigenvalue weighted by atomic mass is 16.2. The van der Waals surface area contributed by atoms with E-state index in [4.69, 9.17) is 5.73 Å². The van der Waals surface area contributed by atoms with Crippen molar-refractivity contribution in [3.63, 3.8) is 0 Å². The van der Waals surface area contributed by atoms with E-state index in [0.717, 1.165) is 32.2 Å². The molecular weight excluding hydrogens is 354 g/mol. The summed E-state index contributed by atoms with van der Waals surface area (Å²) in [6, 6.07) is 0.761. The largest absolute Gasteiger partial charge is 0.405 e. The van der Waals surface area contributed by atoms with E-state index in [0.29, 0.717) is 38.3 Å². The molecule has 2 amide bonds. The molecule has 0 unspecified atom stereocenters. The fourth-order valence-corrected chi connectivity index (χ4v) is 4.10. The van der Waals surface area contributed by atoms with Crippen molar-refractivity contribution in [2.45, 2.75) is 25.3 Å². The molecule has 2 heterocycles. The molecule has 1 aliphatic carbocycles. The summed E-state index contributed by atoms with van der Waals surface area (Å²) in [5.41, 5.74) is 5.96. The van der Waals surface area contributed by atoms with Gasteiger partial charge in [-0.15, -0.1) is 0 Å². The van der Waals surface area contributed by atoms with Crippen LogP contribution in [0.3, 0.4) is 0 Å². The van der Waals surface area contributed by atoms with E-state index in [1.54, 1.807) is 18.2 Å². The van der Waals surface area contributed by atoms with E-state index in [9.17, 15) is 9.59 Å². The second kappa shape index (κ2) is 9.89. The molecule has 2 saturated heterocycles. The Morgan fingerprint density at radius 3 is 2.14 bits per heavy atom. The van der Waals surface area contributed by atoms with Gasteiger partial charge in [0.25, 0.3) is 5.91 Å². The van der Waals surface area contributed by atoms with Crippen LogP contribution >= 0.6 is 0 Å². The lowest BCUT2D eigenvalue weighted by Crippen LogP contribution is -2.56. The standard InChI is InChI=1S/C21H33N5O2/c1-2-4-18(7-8-22)21(28)26-11-9-23(10-12-26)17-20(27)25-15-13-24(14-16-25)19-5-3-6-19/h2,4,7-8,19H,1,3,5-6,9-17,22H2/b8-7-,18-4+. The fraction of sp³-hybridized carbons (Fsp3) is 0.619. The molecule has 2 aliphatic heterocycles. The van der Waals surface area contributed by atoms with E-state index in [1.807, 2.05) is 9.80 Å². The maximum Gasteiger partial charge on any atom is 0.253 e. The van der Waals surface area contributed by atoms with E-state index in [-0.39, 0.29) is 11.8 Å². The second-order valence-electron chi connectivity index (χ2n) is 7.79. The van der Waals surface area contributed by atoms with Crippen LogP contribution in [0.5, 0.6) is 0 Å². The molecule has 1 saturated carbocycles. The van der Waals surface area contributed by atoms with Crippen LogP contribution in [0.25, 0.3) is 0 Å². The van der Waals surface area contributed by atoms with Crippen LogP contribution in [0.15, 0.2) is 36.6 Å². The quantitative estimate of drug-likeness (QED) is 0.528. The third-order valence-electron chi connectivity index (χ3n) is 6.10. The van der Waals surface area contributed by atoms with Gasteiger partial charge in [-0.3, -0.25) is 19.4 Å². The minimum absolute atomic E-state index is 0.0420. The van der Waals surface area contributed by atoms with Gasteiger partial charge in [-0.25, -0.2) is 0 Å². The number of nitrogens with zero attached hydrogens (tertiary/aromatic N) is 4. The van der Waals surface area contributed by atoms with Gasteiger partial charge in [-0.2, -0.15) is 0 Å². The summed E-state index contributed by atoms with van der Waals surface area (Å²) in [4.78, 5) is 33.7. The molecule has 3 aliphatic rings. The third-order valence-corrected chi connectivity index (χ3v) is 6.10. The van der Waals surface area contributed by atoms with Crippen molar-refractivity contribution >= 4 is 11.8 Å². The summed E-state index contributed by atoms with van der Waals surface area (Å²) in [5, 5.41) is 0. The SMILES string of the molecule is C=C/C=C(\C=C/N)C(=O)N1CCN(CC(=O)N2CCN(C3CCC3)CC2)CC1. The van der Waals surface area contributed by atoms with Gasteiger partial charge in [-0.05, 0) is 31.2 Å². The van der Waals surface area contributed by atoms with Gasteiger partial charge in [0.2, 0.25) is 5.91 Å². The van der Waals surface area contributed by atoms with Crippen molar-refractivity contribution in [1.29, 1.82) is 0 Å². The molecule has 3 rings (SSSR count). The Balaban J connectivity index is 1.41. The predicted molar refractivity (Wildman–Crippen MR) is 110 cm³/mol. The van der Waals surface area contributed by atoms with Crippen LogP contribution in [0.2, 0.25) is 0 Å². The van der Waals surface area contributed by atoms with Crippen molar-refractivity contribution in [2.75, 3.05) is 58.9 Å². The molecule has 7 heteroatoms. The molecule has 28 heavy (non-hydrogen) atoms. The molecule has 7 nitrogen and oxygen atoms in total. The molecule has 0 bridgehead atoms. The Labute approximate surface area is 168 Å². The van der Waals surface area contributed by atoms with Gasteiger partial charge >= 0.3 is 0 Å². The van der Waals surface area contributed by atoms with Crippen LogP contribution in [-0.2, 0) is 9.59 Å². The number of carbonyl (C=O) groups excluding carboxylic acids is 2. The number of allylic oxidation sites excluding steroid dienone is 2. The lowest BCUT2D eigenvalue weighted by molar-refractivity contribution is -0.135. The van der Waals surface area contributed by atoms with Crippen molar-refractivity contribution in [3.05, 3.63) is 36.6 Å². The molecule has 0 atom stereocenters. The van der Waals surface area contributed by atoms with Crippen LogP contribution in [0, 0.1) is 0 Å². The number of hydrogen-bond donors (Lipinski definition) is 1. The van der Waals surface area contributed by atoms with Gasteiger partial charge in [0.15, 0.2) is 0 Å².